The first kappa shape index (κ1) is 23.6. The van der Waals surface area contributed by atoms with Crippen LogP contribution in [0, 0.1) is 0 Å². The molecular weight excluding hydrogens is 372 g/mol. The van der Waals surface area contributed by atoms with E-state index in [1.165, 1.54) is 0 Å². The van der Waals surface area contributed by atoms with E-state index in [1.54, 1.807) is 0 Å². The zero-order chi connectivity index (χ0) is 21.3. The summed E-state index contributed by atoms with van der Waals surface area (Å²) in [5.74, 6) is -0.699. The Morgan fingerprint density at radius 1 is 0.852 bits per heavy atom. The van der Waals surface area contributed by atoms with Gasteiger partial charge in [0.2, 0.25) is 0 Å². The highest BCUT2D eigenvalue weighted by Crippen LogP contribution is 2.57. The minimum absolute atomic E-state index is 0.0468. The largest absolute Gasteiger partial charge is 0.414 e. The van der Waals surface area contributed by atoms with Crippen LogP contribution in [0.2, 0.25) is 36.3 Å². The lowest BCUT2D eigenvalue weighted by Crippen LogP contribution is -2.59. The normalized spacial score (nSPS) is 34.3. The zero-order valence-electron chi connectivity index (χ0n) is 20.1. The number of rotatable bonds is 5. The summed E-state index contributed by atoms with van der Waals surface area (Å²) in [5, 5.41) is 0.331. The molecule has 0 spiro atoms. The lowest BCUT2D eigenvalue weighted by molar-refractivity contribution is -0.208. The van der Waals surface area contributed by atoms with Gasteiger partial charge in [-0.2, -0.15) is 0 Å². The first-order chi connectivity index (χ1) is 11.7. The lowest BCUT2D eigenvalue weighted by atomic mass is 9.81. The van der Waals surface area contributed by atoms with Crippen molar-refractivity contribution in [2.24, 2.45) is 0 Å². The standard InChI is InChI=1S/C21H44O4Si2/c1-17(2,3)26(10,11)22-15-21-14-16(23-27(12,13)18(4,5)6)20(9,25-21)24-19(21,7)8/h16H,14-15H2,1-13H3/t16-,20-,21-/m0/s1. The second kappa shape index (κ2) is 6.38. The first-order valence-electron chi connectivity index (χ1n) is 10.4. The van der Waals surface area contributed by atoms with Crippen molar-refractivity contribution >= 4 is 16.6 Å². The van der Waals surface area contributed by atoms with Gasteiger partial charge < -0.3 is 18.3 Å². The molecule has 0 saturated carbocycles. The van der Waals surface area contributed by atoms with Crippen LogP contribution in [0.1, 0.15) is 68.7 Å². The maximum atomic E-state index is 6.76. The van der Waals surface area contributed by atoms with Crippen molar-refractivity contribution in [2.45, 2.75) is 128 Å². The number of fused-ring (bicyclic) bond motifs is 2. The summed E-state index contributed by atoms with van der Waals surface area (Å²) in [5.41, 5.74) is -0.846. The third kappa shape index (κ3) is 3.99. The highest BCUT2D eigenvalue weighted by Gasteiger charge is 2.71. The summed E-state index contributed by atoms with van der Waals surface area (Å²) in [7, 11) is -3.79. The van der Waals surface area contributed by atoms with Gasteiger partial charge in [0.25, 0.3) is 0 Å². The number of hydrogen-bond acceptors (Lipinski definition) is 4. The van der Waals surface area contributed by atoms with Crippen molar-refractivity contribution in [1.82, 2.24) is 0 Å². The SMILES string of the molecule is CC1(C)O[C@@]2(C)O[C@]1(CO[Si](C)(C)C(C)(C)C)C[C@@H]2O[Si](C)(C)C(C)(C)C. The Morgan fingerprint density at radius 2 is 1.33 bits per heavy atom. The van der Waals surface area contributed by atoms with Crippen LogP contribution >= 0.6 is 0 Å². The second-order valence-electron chi connectivity index (χ2n) is 12.3. The Bertz CT molecular complexity index is 574. The van der Waals surface area contributed by atoms with Crippen molar-refractivity contribution in [3.63, 3.8) is 0 Å². The van der Waals surface area contributed by atoms with E-state index < -0.39 is 33.6 Å². The van der Waals surface area contributed by atoms with Crippen LogP contribution in [0.3, 0.4) is 0 Å². The topological polar surface area (TPSA) is 36.9 Å². The molecule has 0 radical (unpaired) electrons. The van der Waals surface area contributed by atoms with E-state index >= 15 is 0 Å². The molecule has 2 heterocycles. The Hall–Kier alpha value is 0.274. The monoisotopic (exact) mass is 416 g/mol. The van der Waals surface area contributed by atoms with Gasteiger partial charge in [0, 0.05) is 6.42 Å². The van der Waals surface area contributed by atoms with Crippen molar-refractivity contribution in [2.75, 3.05) is 6.61 Å². The quantitative estimate of drug-likeness (QED) is 0.509. The van der Waals surface area contributed by atoms with Gasteiger partial charge in [-0.05, 0) is 57.0 Å². The molecule has 2 fully saturated rings. The van der Waals surface area contributed by atoms with Crippen molar-refractivity contribution in [3.05, 3.63) is 0 Å². The fourth-order valence-electron chi connectivity index (χ4n) is 3.49. The highest BCUT2D eigenvalue weighted by molar-refractivity contribution is 6.74. The van der Waals surface area contributed by atoms with E-state index in [0.29, 0.717) is 6.61 Å². The van der Waals surface area contributed by atoms with Gasteiger partial charge in [-0.15, -0.1) is 0 Å². The fourth-order valence-corrected chi connectivity index (χ4v) is 5.88. The maximum absolute atomic E-state index is 6.76. The third-order valence-corrected chi connectivity index (χ3v) is 16.7. The minimum Gasteiger partial charge on any atom is -0.414 e. The first-order valence-corrected chi connectivity index (χ1v) is 16.2. The van der Waals surface area contributed by atoms with E-state index in [9.17, 15) is 0 Å². The highest BCUT2D eigenvalue weighted by atomic mass is 28.4. The van der Waals surface area contributed by atoms with Crippen molar-refractivity contribution in [3.8, 4) is 0 Å². The Labute approximate surface area is 169 Å². The van der Waals surface area contributed by atoms with Crippen molar-refractivity contribution in [1.29, 1.82) is 0 Å². The summed E-state index contributed by atoms with van der Waals surface area (Å²) in [6, 6.07) is 0. The molecular formula is C21H44O4Si2. The summed E-state index contributed by atoms with van der Waals surface area (Å²) in [6.07, 6.45) is 0.784. The van der Waals surface area contributed by atoms with Crippen LogP contribution in [0.25, 0.3) is 0 Å². The molecule has 4 nitrogen and oxygen atoms in total. The summed E-state index contributed by atoms with van der Waals surface area (Å²) in [4.78, 5) is 0. The van der Waals surface area contributed by atoms with E-state index in [0.717, 1.165) is 6.42 Å². The van der Waals surface area contributed by atoms with Gasteiger partial charge in [0.05, 0.1) is 12.2 Å². The third-order valence-electron chi connectivity index (χ3n) is 7.77. The Kier molecular flexibility index (Phi) is 5.57. The molecule has 0 aromatic rings. The minimum atomic E-state index is -1.92. The van der Waals surface area contributed by atoms with Gasteiger partial charge >= 0.3 is 0 Å². The Morgan fingerprint density at radius 3 is 1.78 bits per heavy atom. The van der Waals surface area contributed by atoms with Gasteiger partial charge in [-0.1, -0.05) is 41.5 Å². The average molecular weight is 417 g/mol. The van der Waals surface area contributed by atoms with Crippen molar-refractivity contribution < 1.29 is 18.3 Å². The molecule has 0 N–H and O–H groups in total. The van der Waals surface area contributed by atoms with Gasteiger partial charge in [0.15, 0.2) is 22.4 Å². The van der Waals surface area contributed by atoms with E-state index in [2.05, 4.69) is 81.6 Å². The molecule has 0 unspecified atom stereocenters. The molecule has 0 amide bonds. The maximum Gasteiger partial charge on any atom is 0.192 e. The molecule has 160 valence electrons. The summed E-state index contributed by atoms with van der Waals surface area (Å²) >= 11 is 0. The average Bonchev–Trinajstić information content (AvgIpc) is 2.77. The second-order valence-corrected chi connectivity index (χ2v) is 21.9. The molecule has 2 saturated heterocycles. The predicted octanol–water partition coefficient (Wildman–Crippen LogP) is 6.08. The van der Waals surface area contributed by atoms with Crippen LogP contribution in [-0.4, -0.2) is 46.3 Å². The van der Waals surface area contributed by atoms with Crippen LogP contribution in [0.5, 0.6) is 0 Å². The summed E-state index contributed by atoms with van der Waals surface area (Å²) in [6.45, 7) is 29.7. The Balaban J connectivity index is 2.24. The molecule has 2 bridgehead atoms. The molecule has 2 aliphatic heterocycles. The zero-order valence-corrected chi connectivity index (χ0v) is 22.1. The van der Waals surface area contributed by atoms with Gasteiger partial charge in [-0.3, -0.25) is 0 Å². The molecule has 6 heteroatoms. The van der Waals surface area contributed by atoms with Gasteiger partial charge in [0.1, 0.15) is 11.7 Å². The van der Waals surface area contributed by atoms with Crippen LogP contribution in [0.15, 0.2) is 0 Å². The molecule has 27 heavy (non-hydrogen) atoms. The van der Waals surface area contributed by atoms with E-state index in [4.69, 9.17) is 18.3 Å². The number of hydrogen-bond donors (Lipinski definition) is 0. The molecule has 2 aliphatic rings. The fraction of sp³-hybridized carbons (Fsp3) is 1.00. The van der Waals surface area contributed by atoms with E-state index in [-0.39, 0.29) is 16.2 Å². The molecule has 0 aliphatic carbocycles. The van der Waals surface area contributed by atoms with Crippen LogP contribution < -0.4 is 0 Å². The molecule has 2 rings (SSSR count). The predicted molar refractivity (Wildman–Crippen MR) is 117 cm³/mol. The van der Waals surface area contributed by atoms with Crippen LogP contribution in [-0.2, 0) is 18.3 Å². The molecule has 0 aromatic carbocycles. The molecule has 3 atom stereocenters. The van der Waals surface area contributed by atoms with E-state index in [1.807, 2.05) is 6.92 Å². The lowest BCUT2D eigenvalue weighted by Gasteiger charge is -2.47. The molecule has 0 aromatic heterocycles. The van der Waals surface area contributed by atoms with Gasteiger partial charge in [-0.25, -0.2) is 0 Å². The smallest absolute Gasteiger partial charge is 0.192 e. The number of ether oxygens (including phenoxy) is 2. The van der Waals surface area contributed by atoms with Crippen LogP contribution in [0.4, 0.5) is 0 Å². The summed E-state index contributed by atoms with van der Waals surface area (Å²) < 4.78 is 26.5.